The standard InChI is InChI=1S/C18H18ClNO3/c1-3-23-18(22)14-6-9-16(12(2)10-14)20-17(21)11-13-4-7-15(19)8-5-13/h4-10H,3,11H2,1-2H3,(H,20,21). The molecule has 0 aliphatic carbocycles. The molecule has 0 spiro atoms. The second kappa shape index (κ2) is 7.79. The van der Waals surface area contributed by atoms with Gasteiger partial charge in [0.1, 0.15) is 0 Å². The maximum absolute atomic E-state index is 12.1. The van der Waals surface area contributed by atoms with Crippen LogP contribution in [-0.2, 0) is 16.0 Å². The average molecular weight is 332 g/mol. The quantitative estimate of drug-likeness (QED) is 0.842. The number of halogens is 1. The van der Waals surface area contributed by atoms with E-state index in [1.54, 1.807) is 37.3 Å². The minimum atomic E-state index is -0.366. The van der Waals surface area contributed by atoms with Crippen molar-refractivity contribution in [3.63, 3.8) is 0 Å². The predicted molar refractivity (Wildman–Crippen MR) is 90.9 cm³/mol. The minimum absolute atomic E-state index is 0.126. The molecular weight excluding hydrogens is 314 g/mol. The molecule has 0 saturated carbocycles. The molecule has 0 aliphatic heterocycles. The molecule has 0 aromatic heterocycles. The Balaban J connectivity index is 2.03. The van der Waals surface area contributed by atoms with Crippen LogP contribution in [0.25, 0.3) is 0 Å². The summed E-state index contributed by atoms with van der Waals surface area (Å²) in [6.45, 7) is 3.92. The number of hydrogen-bond acceptors (Lipinski definition) is 3. The normalized spacial score (nSPS) is 10.2. The summed E-state index contributed by atoms with van der Waals surface area (Å²) in [5, 5.41) is 3.49. The van der Waals surface area contributed by atoms with Crippen LogP contribution in [0.3, 0.4) is 0 Å². The van der Waals surface area contributed by atoms with Gasteiger partial charge in [0.15, 0.2) is 0 Å². The molecule has 2 rings (SSSR count). The molecule has 2 aromatic rings. The van der Waals surface area contributed by atoms with E-state index in [2.05, 4.69) is 5.32 Å². The van der Waals surface area contributed by atoms with Gasteiger partial charge >= 0.3 is 5.97 Å². The Hall–Kier alpha value is -2.33. The summed E-state index contributed by atoms with van der Waals surface area (Å²) in [7, 11) is 0. The molecule has 1 N–H and O–H groups in total. The summed E-state index contributed by atoms with van der Waals surface area (Å²) in [5.74, 6) is -0.492. The molecule has 4 nitrogen and oxygen atoms in total. The van der Waals surface area contributed by atoms with E-state index < -0.39 is 0 Å². The number of aryl methyl sites for hydroxylation is 1. The van der Waals surface area contributed by atoms with Crippen LogP contribution in [0.4, 0.5) is 5.69 Å². The second-order valence-corrected chi connectivity index (χ2v) is 5.54. The summed E-state index contributed by atoms with van der Waals surface area (Å²) in [5.41, 5.74) is 2.84. The van der Waals surface area contributed by atoms with E-state index in [4.69, 9.17) is 16.3 Å². The van der Waals surface area contributed by atoms with Gasteiger partial charge in [0.25, 0.3) is 0 Å². The third-order valence-electron chi connectivity index (χ3n) is 3.29. The fourth-order valence-electron chi connectivity index (χ4n) is 2.13. The number of carbonyl (C=O) groups is 2. The largest absolute Gasteiger partial charge is 0.462 e. The van der Waals surface area contributed by atoms with Crippen LogP contribution < -0.4 is 5.32 Å². The zero-order chi connectivity index (χ0) is 16.8. The first-order chi connectivity index (χ1) is 11.0. The van der Waals surface area contributed by atoms with E-state index in [0.29, 0.717) is 22.9 Å². The molecule has 0 aliphatic rings. The molecule has 0 fully saturated rings. The van der Waals surface area contributed by atoms with Gasteiger partial charge in [-0.25, -0.2) is 4.79 Å². The van der Waals surface area contributed by atoms with Gasteiger partial charge < -0.3 is 10.1 Å². The van der Waals surface area contributed by atoms with Gasteiger partial charge in [-0.15, -0.1) is 0 Å². The van der Waals surface area contributed by atoms with Crippen molar-refractivity contribution < 1.29 is 14.3 Å². The molecule has 23 heavy (non-hydrogen) atoms. The third kappa shape index (κ3) is 4.83. The Labute approximate surface area is 140 Å². The first-order valence-electron chi connectivity index (χ1n) is 7.31. The highest BCUT2D eigenvalue weighted by Crippen LogP contribution is 2.18. The van der Waals surface area contributed by atoms with E-state index in [9.17, 15) is 9.59 Å². The molecule has 1 amide bonds. The average Bonchev–Trinajstić information content (AvgIpc) is 2.52. The van der Waals surface area contributed by atoms with Crippen molar-refractivity contribution in [2.24, 2.45) is 0 Å². The van der Waals surface area contributed by atoms with Crippen molar-refractivity contribution in [2.45, 2.75) is 20.3 Å². The molecular formula is C18H18ClNO3. The molecule has 2 aromatic carbocycles. The third-order valence-corrected chi connectivity index (χ3v) is 3.54. The van der Waals surface area contributed by atoms with Crippen molar-refractivity contribution in [2.75, 3.05) is 11.9 Å². The second-order valence-electron chi connectivity index (χ2n) is 5.10. The zero-order valence-electron chi connectivity index (χ0n) is 13.1. The summed E-state index contributed by atoms with van der Waals surface area (Å²) in [6.07, 6.45) is 0.260. The van der Waals surface area contributed by atoms with Gasteiger partial charge in [-0.2, -0.15) is 0 Å². The van der Waals surface area contributed by atoms with Crippen LogP contribution in [-0.4, -0.2) is 18.5 Å². The zero-order valence-corrected chi connectivity index (χ0v) is 13.8. The minimum Gasteiger partial charge on any atom is -0.462 e. The van der Waals surface area contributed by atoms with E-state index in [-0.39, 0.29) is 18.3 Å². The molecule has 0 bridgehead atoms. The monoisotopic (exact) mass is 331 g/mol. The van der Waals surface area contributed by atoms with Gasteiger partial charge in [-0.05, 0) is 55.3 Å². The SMILES string of the molecule is CCOC(=O)c1ccc(NC(=O)Cc2ccc(Cl)cc2)c(C)c1. The van der Waals surface area contributed by atoms with Crippen LogP contribution in [0.5, 0.6) is 0 Å². The number of nitrogens with one attached hydrogen (secondary N) is 1. The van der Waals surface area contributed by atoms with Gasteiger partial charge in [0, 0.05) is 10.7 Å². The lowest BCUT2D eigenvalue weighted by molar-refractivity contribution is -0.115. The summed E-state index contributed by atoms with van der Waals surface area (Å²) in [4.78, 5) is 23.8. The van der Waals surface area contributed by atoms with Crippen molar-refractivity contribution in [3.05, 3.63) is 64.2 Å². The van der Waals surface area contributed by atoms with Crippen molar-refractivity contribution in [3.8, 4) is 0 Å². The van der Waals surface area contributed by atoms with Gasteiger partial charge in [0.2, 0.25) is 5.91 Å². The first-order valence-corrected chi connectivity index (χ1v) is 7.69. The Morgan fingerprint density at radius 2 is 1.83 bits per heavy atom. The Morgan fingerprint density at radius 3 is 2.43 bits per heavy atom. The molecule has 0 heterocycles. The van der Waals surface area contributed by atoms with E-state index in [1.807, 2.05) is 19.1 Å². The Morgan fingerprint density at radius 1 is 1.13 bits per heavy atom. The molecule has 0 atom stereocenters. The van der Waals surface area contributed by atoms with Crippen molar-refractivity contribution >= 4 is 29.2 Å². The maximum Gasteiger partial charge on any atom is 0.338 e. The summed E-state index contributed by atoms with van der Waals surface area (Å²) in [6, 6.07) is 12.2. The van der Waals surface area contributed by atoms with E-state index >= 15 is 0 Å². The summed E-state index contributed by atoms with van der Waals surface area (Å²) >= 11 is 5.82. The smallest absolute Gasteiger partial charge is 0.338 e. The van der Waals surface area contributed by atoms with Crippen LogP contribution in [0.1, 0.15) is 28.4 Å². The molecule has 120 valence electrons. The lowest BCUT2D eigenvalue weighted by atomic mass is 10.1. The van der Waals surface area contributed by atoms with Gasteiger partial charge in [0.05, 0.1) is 18.6 Å². The lowest BCUT2D eigenvalue weighted by Crippen LogP contribution is -2.15. The van der Waals surface area contributed by atoms with Crippen LogP contribution in [0.15, 0.2) is 42.5 Å². The number of hydrogen-bond donors (Lipinski definition) is 1. The van der Waals surface area contributed by atoms with Crippen molar-refractivity contribution in [1.82, 2.24) is 0 Å². The predicted octanol–water partition coefficient (Wildman–Crippen LogP) is 4.01. The number of anilines is 1. The van der Waals surface area contributed by atoms with E-state index in [1.165, 1.54) is 0 Å². The molecule has 0 saturated heterocycles. The molecule has 5 heteroatoms. The molecule has 0 radical (unpaired) electrons. The lowest BCUT2D eigenvalue weighted by Gasteiger charge is -2.10. The number of esters is 1. The topological polar surface area (TPSA) is 55.4 Å². The highest BCUT2D eigenvalue weighted by Gasteiger charge is 2.10. The Bertz CT molecular complexity index is 711. The number of amides is 1. The fourth-order valence-corrected chi connectivity index (χ4v) is 2.25. The maximum atomic E-state index is 12.1. The van der Waals surface area contributed by atoms with Gasteiger partial charge in [-0.3, -0.25) is 4.79 Å². The highest BCUT2D eigenvalue weighted by atomic mass is 35.5. The number of benzene rings is 2. The Kier molecular flexibility index (Phi) is 5.77. The first kappa shape index (κ1) is 17.0. The fraction of sp³-hybridized carbons (Fsp3) is 0.222. The van der Waals surface area contributed by atoms with Crippen LogP contribution >= 0.6 is 11.6 Å². The summed E-state index contributed by atoms with van der Waals surface area (Å²) < 4.78 is 4.96. The van der Waals surface area contributed by atoms with E-state index in [0.717, 1.165) is 11.1 Å². The van der Waals surface area contributed by atoms with Crippen molar-refractivity contribution in [1.29, 1.82) is 0 Å². The number of carbonyl (C=O) groups excluding carboxylic acids is 2. The van der Waals surface area contributed by atoms with Crippen LogP contribution in [0, 0.1) is 6.92 Å². The number of rotatable bonds is 5. The molecule has 0 unspecified atom stereocenters. The highest BCUT2D eigenvalue weighted by molar-refractivity contribution is 6.30. The van der Waals surface area contributed by atoms with Crippen LogP contribution in [0.2, 0.25) is 5.02 Å². The van der Waals surface area contributed by atoms with Gasteiger partial charge in [-0.1, -0.05) is 23.7 Å². The number of ether oxygens (including phenoxy) is 1.